The zero-order valence-electron chi connectivity index (χ0n) is 9.02. The molecule has 1 fully saturated rings. The molecular weight excluding hydrogens is 190 g/mol. The minimum atomic E-state index is 0.292. The first kappa shape index (κ1) is 10.4. The molecule has 2 N–H and O–H groups in total. The summed E-state index contributed by atoms with van der Waals surface area (Å²) >= 11 is 0. The van der Waals surface area contributed by atoms with Crippen LogP contribution in [0, 0.1) is 6.92 Å². The Morgan fingerprint density at radius 3 is 3.27 bits per heavy atom. The van der Waals surface area contributed by atoms with Gasteiger partial charge in [0.2, 0.25) is 0 Å². The summed E-state index contributed by atoms with van der Waals surface area (Å²) in [5.74, 6) is 0. The molecule has 0 amide bonds. The lowest BCUT2D eigenvalue weighted by Crippen LogP contribution is -2.49. The average molecular weight is 207 g/mol. The number of ether oxygens (including phenoxy) is 1. The highest BCUT2D eigenvalue weighted by Crippen LogP contribution is 2.19. The number of nitrogens with zero attached hydrogens (tertiary/aromatic N) is 2. The Morgan fingerprint density at radius 2 is 2.53 bits per heavy atom. The summed E-state index contributed by atoms with van der Waals surface area (Å²) in [6.45, 7) is 5.03. The van der Waals surface area contributed by atoms with Crippen molar-refractivity contribution in [2.45, 2.75) is 13.0 Å². The van der Waals surface area contributed by atoms with E-state index in [4.69, 9.17) is 10.5 Å². The molecule has 15 heavy (non-hydrogen) atoms. The van der Waals surface area contributed by atoms with Gasteiger partial charge in [0.05, 0.1) is 19.3 Å². The van der Waals surface area contributed by atoms with Gasteiger partial charge in [-0.3, -0.25) is 4.98 Å². The molecule has 0 aromatic carbocycles. The Morgan fingerprint density at radius 1 is 1.67 bits per heavy atom. The van der Waals surface area contributed by atoms with Crippen LogP contribution in [-0.2, 0) is 4.74 Å². The molecule has 1 saturated heterocycles. The van der Waals surface area contributed by atoms with E-state index in [9.17, 15) is 0 Å². The summed E-state index contributed by atoms with van der Waals surface area (Å²) in [5, 5.41) is 0. The molecule has 1 aliphatic heterocycles. The molecule has 4 heteroatoms. The summed E-state index contributed by atoms with van der Waals surface area (Å²) in [6.07, 6.45) is 1.84. The fourth-order valence-corrected chi connectivity index (χ4v) is 1.90. The number of aromatic nitrogens is 1. The van der Waals surface area contributed by atoms with Crippen molar-refractivity contribution < 1.29 is 4.74 Å². The number of aryl methyl sites for hydroxylation is 1. The summed E-state index contributed by atoms with van der Waals surface area (Å²) in [5.41, 5.74) is 7.96. The van der Waals surface area contributed by atoms with Gasteiger partial charge in [-0.2, -0.15) is 0 Å². The number of anilines is 1. The lowest BCUT2D eigenvalue weighted by Gasteiger charge is -2.36. The van der Waals surface area contributed by atoms with Crippen LogP contribution in [0.2, 0.25) is 0 Å². The molecule has 1 aromatic rings. The molecule has 1 unspecified atom stereocenters. The number of morpholine rings is 1. The number of nitrogens with two attached hydrogens (primary N) is 1. The Kier molecular flexibility index (Phi) is 3.18. The highest BCUT2D eigenvalue weighted by Gasteiger charge is 2.21. The molecular formula is C11H17N3O. The highest BCUT2D eigenvalue weighted by molar-refractivity contribution is 5.48. The van der Waals surface area contributed by atoms with Crippen LogP contribution in [0.15, 0.2) is 18.3 Å². The largest absolute Gasteiger partial charge is 0.377 e. The summed E-state index contributed by atoms with van der Waals surface area (Å²) in [6, 6.07) is 4.41. The molecule has 2 heterocycles. The number of hydrogen-bond donors (Lipinski definition) is 1. The Labute approximate surface area is 90.0 Å². The fraction of sp³-hybridized carbons (Fsp3) is 0.545. The first-order valence-electron chi connectivity index (χ1n) is 5.28. The third-order valence-electron chi connectivity index (χ3n) is 2.71. The van der Waals surface area contributed by atoms with Crippen LogP contribution in [0.25, 0.3) is 0 Å². The Hall–Kier alpha value is -1.13. The summed E-state index contributed by atoms with van der Waals surface area (Å²) < 4.78 is 5.42. The predicted octanol–water partition coefficient (Wildman–Crippen LogP) is 0.554. The third-order valence-corrected chi connectivity index (χ3v) is 2.71. The van der Waals surface area contributed by atoms with Gasteiger partial charge in [-0.1, -0.05) is 0 Å². The van der Waals surface area contributed by atoms with Crippen molar-refractivity contribution in [1.82, 2.24) is 4.98 Å². The van der Waals surface area contributed by atoms with Gasteiger partial charge in [0, 0.05) is 30.7 Å². The van der Waals surface area contributed by atoms with E-state index in [0.29, 0.717) is 12.6 Å². The van der Waals surface area contributed by atoms with Crippen molar-refractivity contribution in [3.05, 3.63) is 24.0 Å². The second-order valence-corrected chi connectivity index (χ2v) is 3.81. The van der Waals surface area contributed by atoms with E-state index in [1.54, 1.807) is 0 Å². The van der Waals surface area contributed by atoms with Gasteiger partial charge in [-0.15, -0.1) is 0 Å². The zero-order valence-corrected chi connectivity index (χ0v) is 9.02. The Balaban J connectivity index is 2.20. The minimum Gasteiger partial charge on any atom is -0.377 e. The smallest absolute Gasteiger partial charge is 0.0683 e. The maximum atomic E-state index is 5.73. The molecule has 82 valence electrons. The molecule has 0 saturated carbocycles. The Bertz CT molecular complexity index is 329. The second-order valence-electron chi connectivity index (χ2n) is 3.81. The van der Waals surface area contributed by atoms with Crippen LogP contribution in [0.3, 0.4) is 0 Å². The molecule has 0 spiro atoms. The van der Waals surface area contributed by atoms with Crippen LogP contribution in [0.4, 0.5) is 5.69 Å². The van der Waals surface area contributed by atoms with Crippen LogP contribution in [-0.4, -0.2) is 37.3 Å². The summed E-state index contributed by atoms with van der Waals surface area (Å²) in [7, 11) is 0. The van der Waals surface area contributed by atoms with Gasteiger partial charge < -0.3 is 15.4 Å². The van der Waals surface area contributed by atoms with Gasteiger partial charge in [-0.05, 0) is 19.1 Å². The van der Waals surface area contributed by atoms with E-state index >= 15 is 0 Å². The van der Waals surface area contributed by atoms with Crippen molar-refractivity contribution in [3.63, 3.8) is 0 Å². The topological polar surface area (TPSA) is 51.4 Å². The van der Waals surface area contributed by atoms with E-state index in [1.165, 1.54) is 5.69 Å². The molecule has 1 atom stereocenters. The maximum Gasteiger partial charge on any atom is 0.0683 e. The third kappa shape index (κ3) is 2.27. The number of hydrogen-bond acceptors (Lipinski definition) is 4. The molecule has 1 aliphatic rings. The van der Waals surface area contributed by atoms with Gasteiger partial charge in [-0.25, -0.2) is 0 Å². The lowest BCUT2D eigenvalue weighted by atomic mass is 10.2. The molecule has 1 aromatic heterocycles. The van der Waals surface area contributed by atoms with E-state index < -0.39 is 0 Å². The first-order chi connectivity index (χ1) is 7.31. The van der Waals surface area contributed by atoms with Crippen molar-refractivity contribution in [3.8, 4) is 0 Å². The maximum absolute atomic E-state index is 5.73. The van der Waals surface area contributed by atoms with Gasteiger partial charge in [0.25, 0.3) is 0 Å². The van der Waals surface area contributed by atoms with Crippen LogP contribution >= 0.6 is 0 Å². The average Bonchev–Trinajstić information content (AvgIpc) is 2.29. The molecule has 0 aliphatic carbocycles. The normalized spacial score (nSPS) is 21.7. The zero-order chi connectivity index (χ0) is 10.7. The van der Waals surface area contributed by atoms with Crippen LogP contribution in [0.1, 0.15) is 5.69 Å². The van der Waals surface area contributed by atoms with Crippen LogP contribution in [0.5, 0.6) is 0 Å². The first-order valence-corrected chi connectivity index (χ1v) is 5.28. The van der Waals surface area contributed by atoms with Crippen molar-refractivity contribution >= 4 is 5.69 Å². The van der Waals surface area contributed by atoms with E-state index in [-0.39, 0.29) is 0 Å². The monoisotopic (exact) mass is 207 g/mol. The van der Waals surface area contributed by atoms with Crippen molar-refractivity contribution in [2.75, 3.05) is 31.2 Å². The number of pyridine rings is 1. The van der Waals surface area contributed by atoms with Gasteiger partial charge in [0.1, 0.15) is 0 Å². The molecule has 2 rings (SSSR count). The van der Waals surface area contributed by atoms with Crippen molar-refractivity contribution in [1.29, 1.82) is 0 Å². The van der Waals surface area contributed by atoms with Gasteiger partial charge >= 0.3 is 0 Å². The quantitative estimate of drug-likeness (QED) is 0.769. The van der Waals surface area contributed by atoms with E-state index in [1.807, 2.05) is 19.2 Å². The molecule has 0 radical (unpaired) electrons. The van der Waals surface area contributed by atoms with Crippen molar-refractivity contribution in [2.24, 2.45) is 5.73 Å². The molecule has 4 nitrogen and oxygen atoms in total. The van der Waals surface area contributed by atoms with E-state index in [0.717, 1.165) is 25.5 Å². The number of rotatable bonds is 2. The molecule has 0 bridgehead atoms. The highest BCUT2D eigenvalue weighted by atomic mass is 16.5. The minimum absolute atomic E-state index is 0.292. The fourth-order valence-electron chi connectivity index (χ4n) is 1.90. The van der Waals surface area contributed by atoms with Crippen LogP contribution < -0.4 is 10.6 Å². The second kappa shape index (κ2) is 4.59. The van der Waals surface area contributed by atoms with Gasteiger partial charge in [0.15, 0.2) is 0 Å². The SMILES string of the molecule is Cc1cc(N2CCOCC2CN)ccn1. The standard InChI is InChI=1S/C11H17N3O/c1-9-6-10(2-3-13-9)14-4-5-15-8-11(14)7-12/h2-3,6,11H,4-5,7-8,12H2,1H3. The van der Waals surface area contributed by atoms with E-state index in [2.05, 4.69) is 16.0 Å². The predicted molar refractivity (Wildman–Crippen MR) is 60.0 cm³/mol. The lowest BCUT2D eigenvalue weighted by molar-refractivity contribution is 0.0962. The summed E-state index contributed by atoms with van der Waals surface area (Å²) in [4.78, 5) is 6.50.